The summed E-state index contributed by atoms with van der Waals surface area (Å²) in [5.74, 6) is 0.823. The molecule has 21 heavy (non-hydrogen) atoms. The van der Waals surface area contributed by atoms with Crippen molar-refractivity contribution in [3.05, 3.63) is 59.7 Å². The van der Waals surface area contributed by atoms with Crippen molar-refractivity contribution >= 4 is 11.9 Å². The lowest BCUT2D eigenvalue weighted by molar-refractivity contribution is 0.309. The first-order chi connectivity index (χ1) is 10.3. The van der Waals surface area contributed by atoms with Gasteiger partial charge in [-0.1, -0.05) is 37.6 Å². The molecule has 2 aromatic rings. The van der Waals surface area contributed by atoms with Crippen LogP contribution in [-0.2, 0) is 0 Å². The summed E-state index contributed by atoms with van der Waals surface area (Å²) < 4.78 is 5.77. The van der Waals surface area contributed by atoms with Crippen LogP contribution in [0.4, 0.5) is 5.69 Å². The molecule has 0 N–H and O–H groups in total. The molecular weight excluding hydrogens is 260 g/mol. The van der Waals surface area contributed by atoms with E-state index in [1.165, 1.54) is 0 Å². The summed E-state index contributed by atoms with van der Waals surface area (Å²) >= 11 is 0. The number of hydrogen-bond acceptors (Lipinski definition) is 3. The van der Waals surface area contributed by atoms with Gasteiger partial charge in [-0.05, 0) is 30.7 Å². The van der Waals surface area contributed by atoms with E-state index in [9.17, 15) is 0 Å². The Labute approximate surface area is 125 Å². The quantitative estimate of drug-likeness (QED) is 0.577. The first-order valence-corrected chi connectivity index (χ1v) is 7.10. The maximum Gasteiger partial charge on any atom is 0.128 e. The second kappa shape index (κ2) is 7.86. The molecule has 0 aliphatic carbocycles. The Balaban J connectivity index is 2.19. The third-order valence-corrected chi connectivity index (χ3v) is 3.04. The molecular formula is C18H18N2O. The molecule has 0 heterocycles. The maximum absolute atomic E-state index is 9.06. The highest BCUT2D eigenvalue weighted by Gasteiger charge is 2.01. The van der Waals surface area contributed by atoms with Crippen LogP contribution in [0.3, 0.4) is 0 Å². The van der Waals surface area contributed by atoms with Gasteiger partial charge in [-0.2, -0.15) is 5.26 Å². The first-order valence-electron chi connectivity index (χ1n) is 7.10. The van der Waals surface area contributed by atoms with Gasteiger partial charge >= 0.3 is 0 Å². The van der Waals surface area contributed by atoms with Crippen LogP contribution in [0.1, 0.15) is 30.9 Å². The van der Waals surface area contributed by atoms with E-state index in [1.54, 1.807) is 12.3 Å². The van der Waals surface area contributed by atoms with Gasteiger partial charge in [-0.3, -0.25) is 4.99 Å². The number of ether oxygens (including phenoxy) is 1. The minimum absolute atomic E-state index is 0.568. The van der Waals surface area contributed by atoms with Crippen molar-refractivity contribution in [3.8, 4) is 11.8 Å². The molecule has 0 bridgehead atoms. The number of para-hydroxylation sites is 2. The molecule has 2 rings (SSSR count). The van der Waals surface area contributed by atoms with Crippen molar-refractivity contribution in [2.24, 2.45) is 4.99 Å². The molecule has 3 nitrogen and oxygen atoms in total. The van der Waals surface area contributed by atoms with Crippen LogP contribution in [0, 0.1) is 11.3 Å². The fourth-order valence-electron chi connectivity index (χ4n) is 1.86. The van der Waals surface area contributed by atoms with Crippen LogP contribution in [0.25, 0.3) is 0 Å². The summed E-state index contributed by atoms with van der Waals surface area (Å²) in [6, 6.07) is 17.2. The van der Waals surface area contributed by atoms with Gasteiger partial charge in [0.15, 0.2) is 0 Å². The van der Waals surface area contributed by atoms with Crippen LogP contribution in [0.5, 0.6) is 5.75 Å². The zero-order valence-electron chi connectivity index (χ0n) is 12.1. The van der Waals surface area contributed by atoms with Crippen LogP contribution < -0.4 is 4.74 Å². The van der Waals surface area contributed by atoms with Crippen LogP contribution in [0.2, 0.25) is 0 Å². The average molecular weight is 278 g/mol. The second-order valence-electron chi connectivity index (χ2n) is 4.63. The van der Waals surface area contributed by atoms with Crippen molar-refractivity contribution < 1.29 is 4.74 Å². The number of nitrogens with zero attached hydrogens (tertiary/aromatic N) is 2. The zero-order chi connectivity index (χ0) is 14.9. The summed E-state index contributed by atoms with van der Waals surface area (Å²) in [5, 5.41) is 9.06. The smallest absolute Gasteiger partial charge is 0.128 e. The van der Waals surface area contributed by atoms with Gasteiger partial charge in [0.25, 0.3) is 0 Å². The summed E-state index contributed by atoms with van der Waals surface area (Å²) in [6.07, 6.45) is 3.88. The molecule has 0 aromatic heterocycles. The lowest BCUT2D eigenvalue weighted by atomic mass is 10.2. The van der Waals surface area contributed by atoms with Gasteiger partial charge in [-0.25, -0.2) is 0 Å². The fraction of sp³-hybridized carbons (Fsp3) is 0.222. The van der Waals surface area contributed by atoms with Crippen LogP contribution >= 0.6 is 0 Å². The molecule has 0 saturated heterocycles. The molecule has 2 aromatic carbocycles. The lowest BCUT2D eigenvalue weighted by Gasteiger charge is -2.08. The molecule has 0 radical (unpaired) electrons. The first kappa shape index (κ1) is 14.8. The largest absolute Gasteiger partial charge is 0.493 e. The van der Waals surface area contributed by atoms with Gasteiger partial charge in [0, 0.05) is 11.8 Å². The summed E-state index contributed by atoms with van der Waals surface area (Å²) in [6.45, 7) is 2.84. The summed E-state index contributed by atoms with van der Waals surface area (Å²) in [5.41, 5.74) is 2.16. The number of aliphatic imine (C=N–C) groups is 1. The van der Waals surface area contributed by atoms with Gasteiger partial charge in [0.1, 0.15) is 11.8 Å². The third kappa shape index (κ3) is 4.19. The van der Waals surface area contributed by atoms with Gasteiger partial charge in [-0.15, -0.1) is 0 Å². The molecule has 0 aliphatic heterocycles. The van der Waals surface area contributed by atoms with Crippen molar-refractivity contribution in [2.45, 2.75) is 19.8 Å². The maximum atomic E-state index is 9.06. The topological polar surface area (TPSA) is 45.4 Å². The molecule has 0 unspecified atom stereocenters. The molecule has 0 amide bonds. The monoisotopic (exact) mass is 278 g/mol. The standard InChI is InChI=1S/C18H18N2O/c1-2-3-12-21-18-11-7-5-9-16(18)14-20-17-10-6-4-8-15(17)13-19/h4-11,14H,2-3,12H2,1H3/b20-14-. The molecule has 0 saturated carbocycles. The van der Waals surface area contributed by atoms with E-state index >= 15 is 0 Å². The highest BCUT2D eigenvalue weighted by molar-refractivity contribution is 5.86. The number of unbranched alkanes of at least 4 members (excludes halogenated alkanes) is 1. The number of nitriles is 1. The SMILES string of the molecule is CCCCOc1ccccc1/C=N\c1ccccc1C#N. The number of rotatable bonds is 6. The second-order valence-corrected chi connectivity index (χ2v) is 4.63. The van der Waals surface area contributed by atoms with E-state index in [4.69, 9.17) is 10.00 Å². The van der Waals surface area contributed by atoms with Crippen molar-refractivity contribution in [3.63, 3.8) is 0 Å². The predicted octanol–water partition coefficient (Wildman–Crippen LogP) is 4.49. The Morgan fingerprint density at radius 3 is 2.71 bits per heavy atom. The molecule has 0 aliphatic rings. The Hall–Kier alpha value is -2.60. The number of benzene rings is 2. The van der Waals surface area contributed by atoms with E-state index in [0.29, 0.717) is 17.9 Å². The highest BCUT2D eigenvalue weighted by Crippen LogP contribution is 2.20. The molecule has 3 heteroatoms. The normalized spacial score (nSPS) is 10.5. The lowest BCUT2D eigenvalue weighted by Crippen LogP contribution is -1.99. The van der Waals surface area contributed by atoms with E-state index in [-0.39, 0.29) is 0 Å². The van der Waals surface area contributed by atoms with Gasteiger partial charge in [0.05, 0.1) is 17.9 Å². The summed E-state index contributed by atoms with van der Waals surface area (Å²) in [4.78, 5) is 4.41. The van der Waals surface area contributed by atoms with E-state index in [0.717, 1.165) is 24.2 Å². The average Bonchev–Trinajstić information content (AvgIpc) is 2.54. The third-order valence-electron chi connectivity index (χ3n) is 3.04. The molecule has 106 valence electrons. The van der Waals surface area contributed by atoms with Crippen molar-refractivity contribution in [2.75, 3.05) is 6.61 Å². The van der Waals surface area contributed by atoms with E-state index in [1.807, 2.05) is 42.5 Å². The van der Waals surface area contributed by atoms with Crippen LogP contribution in [0.15, 0.2) is 53.5 Å². The van der Waals surface area contributed by atoms with E-state index in [2.05, 4.69) is 18.0 Å². The van der Waals surface area contributed by atoms with Gasteiger partial charge in [0.2, 0.25) is 0 Å². The van der Waals surface area contributed by atoms with Crippen molar-refractivity contribution in [1.82, 2.24) is 0 Å². The highest BCUT2D eigenvalue weighted by atomic mass is 16.5. The van der Waals surface area contributed by atoms with Gasteiger partial charge < -0.3 is 4.74 Å². The Kier molecular flexibility index (Phi) is 5.54. The Bertz CT molecular complexity index is 656. The molecule has 0 spiro atoms. The minimum atomic E-state index is 0.568. The number of hydrogen-bond donors (Lipinski definition) is 0. The minimum Gasteiger partial charge on any atom is -0.493 e. The van der Waals surface area contributed by atoms with E-state index < -0.39 is 0 Å². The van der Waals surface area contributed by atoms with Crippen LogP contribution in [-0.4, -0.2) is 12.8 Å². The summed E-state index contributed by atoms with van der Waals surface area (Å²) in [7, 11) is 0. The fourth-order valence-corrected chi connectivity index (χ4v) is 1.86. The van der Waals surface area contributed by atoms with Crippen molar-refractivity contribution in [1.29, 1.82) is 5.26 Å². The Morgan fingerprint density at radius 1 is 1.14 bits per heavy atom. The molecule has 0 atom stereocenters. The zero-order valence-corrected chi connectivity index (χ0v) is 12.1. The Morgan fingerprint density at radius 2 is 1.90 bits per heavy atom. The predicted molar refractivity (Wildman–Crippen MR) is 85.3 cm³/mol. The molecule has 0 fully saturated rings.